The van der Waals surface area contributed by atoms with Gasteiger partial charge >= 0.3 is 0 Å². The van der Waals surface area contributed by atoms with Crippen LogP contribution in [-0.2, 0) is 0 Å². The molecule has 1 saturated carbocycles. The molecule has 0 radical (unpaired) electrons. The van der Waals surface area contributed by atoms with E-state index in [4.69, 9.17) is 12.2 Å². The van der Waals surface area contributed by atoms with Crippen molar-refractivity contribution in [2.45, 2.75) is 83.8 Å². The summed E-state index contributed by atoms with van der Waals surface area (Å²) in [6.07, 6.45) is 10.9. The van der Waals surface area contributed by atoms with Crippen molar-refractivity contribution in [1.29, 1.82) is 0 Å². The molecule has 0 unspecified atom stereocenters. The van der Waals surface area contributed by atoms with Crippen LogP contribution in [0.4, 0.5) is 0 Å². The van der Waals surface area contributed by atoms with Crippen LogP contribution in [0.25, 0.3) is 0 Å². The van der Waals surface area contributed by atoms with Gasteiger partial charge in [0, 0.05) is 30.2 Å². The highest BCUT2D eigenvalue weighted by atomic mass is 32.1. The van der Waals surface area contributed by atoms with Crippen LogP contribution >= 0.6 is 12.2 Å². The summed E-state index contributed by atoms with van der Waals surface area (Å²) in [4.78, 5) is 7.09. The van der Waals surface area contributed by atoms with Crippen molar-refractivity contribution in [3.05, 3.63) is 53.1 Å². The van der Waals surface area contributed by atoms with Crippen LogP contribution in [-0.4, -0.2) is 26.1 Å². The second-order valence-electron chi connectivity index (χ2n) is 8.66. The van der Waals surface area contributed by atoms with Crippen molar-refractivity contribution in [3.63, 3.8) is 0 Å². The molecule has 1 aliphatic heterocycles. The predicted molar refractivity (Wildman–Crippen MR) is 123 cm³/mol. The number of nitrogens with zero attached hydrogens (tertiary/aromatic N) is 3. The molecule has 2 aromatic rings. The Bertz CT molecular complexity index is 838. The lowest BCUT2D eigenvalue weighted by Crippen LogP contribution is -2.30. The van der Waals surface area contributed by atoms with E-state index in [0.717, 1.165) is 23.8 Å². The highest BCUT2D eigenvalue weighted by Gasteiger charge is 2.41. The summed E-state index contributed by atoms with van der Waals surface area (Å²) in [7, 11) is 0. The van der Waals surface area contributed by atoms with Gasteiger partial charge in [0.05, 0.1) is 17.8 Å². The molecule has 1 saturated heterocycles. The van der Waals surface area contributed by atoms with Crippen molar-refractivity contribution in [2.24, 2.45) is 0 Å². The quantitative estimate of drug-likeness (QED) is 0.612. The van der Waals surface area contributed by atoms with Crippen molar-refractivity contribution >= 4 is 17.3 Å². The molecule has 2 fully saturated rings. The van der Waals surface area contributed by atoms with Gasteiger partial charge in [-0.25, -0.2) is 0 Å². The van der Waals surface area contributed by atoms with E-state index < -0.39 is 0 Å². The molecule has 2 aromatic heterocycles. The minimum atomic E-state index is 0.0980. The first kappa shape index (κ1) is 20.4. The Morgan fingerprint density at radius 2 is 1.97 bits per heavy atom. The molecule has 29 heavy (non-hydrogen) atoms. The molecule has 5 heteroatoms. The third kappa shape index (κ3) is 3.94. The molecular formula is C24H34N4S. The van der Waals surface area contributed by atoms with Gasteiger partial charge in [-0.15, -0.1) is 0 Å². The Labute approximate surface area is 180 Å². The van der Waals surface area contributed by atoms with Gasteiger partial charge in [-0.1, -0.05) is 38.7 Å². The summed E-state index contributed by atoms with van der Waals surface area (Å²) >= 11 is 5.80. The van der Waals surface area contributed by atoms with E-state index in [-0.39, 0.29) is 12.1 Å². The zero-order valence-corrected chi connectivity index (χ0v) is 18.8. The highest BCUT2D eigenvalue weighted by Crippen LogP contribution is 2.42. The average molecular weight is 411 g/mol. The average Bonchev–Trinajstić information content (AvgIpc) is 3.23. The number of hydrogen-bond acceptors (Lipinski definition) is 2. The normalized spacial score (nSPS) is 22.9. The highest BCUT2D eigenvalue weighted by molar-refractivity contribution is 7.80. The standard InChI is InChI=1S/C24H34N4S/c1-4-5-15-27-23(22(26-24(27)29)21-13-9-10-14-25-21)20-16-17(2)28(18(20)3)19-11-7-6-8-12-19/h9-10,13-14,16,19,22-23H,4-8,11-12,15H2,1-3H3,(H,26,29)/t22-,23+/m1/s1. The molecule has 1 aliphatic carbocycles. The first-order valence-corrected chi connectivity index (χ1v) is 11.7. The maximum absolute atomic E-state index is 5.80. The van der Waals surface area contributed by atoms with Crippen molar-refractivity contribution in [3.8, 4) is 0 Å². The Morgan fingerprint density at radius 3 is 2.66 bits per heavy atom. The van der Waals surface area contributed by atoms with E-state index in [9.17, 15) is 0 Å². The minimum Gasteiger partial charge on any atom is -0.352 e. The Hall–Kier alpha value is -1.88. The maximum atomic E-state index is 5.80. The number of thiocarbonyl (C=S) groups is 1. The summed E-state index contributed by atoms with van der Waals surface area (Å²) in [6.45, 7) is 7.82. The fraction of sp³-hybridized carbons (Fsp3) is 0.583. The van der Waals surface area contributed by atoms with Gasteiger partial charge in [0.15, 0.2) is 5.11 Å². The largest absolute Gasteiger partial charge is 0.352 e. The predicted octanol–water partition coefficient (Wildman–Crippen LogP) is 5.78. The Morgan fingerprint density at radius 1 is 1.17 bits per heavy atom. The first-order valence-electron chi connectivity index (χ1n) is 11.3. The molecule has 0 aromatic carbocycles. The molecule has 156 valence electrons. The summed E-state index contributed by atoms with van der Waals surface area (Å²) < 4.78 is 2.61. The molecule has 4 nitrogen and oxygen atoms in total. The van der Waals surface area contributed by atoms with Gasteiger partial charge in [-0.05, 0) is 69.1 Å². The monoisotopic (exact) mass is 410 g/mol. The van der Waals surface area contributed by atoms with Crippen molar-refractivity contribution in [1.82, 2.24) is 19.8 Å². The van der Waals surface area contributed by atoms with Gasteiger partial charge in [0.25, 0.3) is 0 Å². The number of aromatic nitrogens is 2. The van der Waals surface area contributed by atoms with Gasteiger partial charge in [0.2, 0.25) is 0 Å². The van der Waals surface area contributed by atoms with Crippen molar-refractivity contribution in [2.75, 3.05) is 6.54 Å². The second-order valence-corrected chi connectivity index (χ2v) is 9.05. The molecule has 1 N–H and O–H groups in total. The summed E-state index contributed by atoms with van der Waals surface area (Å²) in [6, 6.07) is 9.54. The molecule has 0 spiro atoms. The van der Waals surface area contributed by atoms with E-state index in [2.05, 4.69) is 58.7 Å². The summed E-state index contributed by atoms with van der Waals surface area (Å²) in [5, 5.41) is 4.46. The van der Waals surface area contributed by atoms with Crippen LogP contribution in [0, 0.1) is 13.8 Å². The van der Waals surface area contributed by atoms with Crippen LogP contribution in [0.3, 0.4) is 0 Å². The molecule has 2 atom stereocenters. The minimum absolute atomic E-state index is 0.0980. The second kappa shape index (κ2) is 8.86. The lowest BCUT2D eigenvalue weighted by atomic mass is 9.94. The topological polar surface area (TPSA) is 33.1 Å². The van der Waals surface area contributed by atoms with E-state index in [1.165, 1.54) is 55.5 Å². The number of unbranched alkanes of at least 4 members (excludes halogenated alkanes) is 1. The molecule has 0 amide bonds. The van der Waals surface area contributed by atoms with Crippen LogP contribution in [0.5, 0.6) is 0 Å². The van der Waals surface area contributed by atoms with E-state index >= 15 is 0 Å². The van der Waals surface area contributed by atoms with Gasteiger partial charge in [-0.2, -0.15) is 0 Å². The molecular weight excluding hydrogens is 376 g/mol. The first-order chi connectivity index (χ1) is 14.1. The fourth-order valence-corrected chi connectivity index (χ4v) is 5.65. The Balaban J connectivity index is 1.74. The van der Waals surface area contributed by atoms with E-state index in [0.29, 0.717) is 6.04 Å². The lowest BCUT2D eigenvalue weighted by molar-refractivity contribution is 0.308. The summed E-state index contributed by atoms with van der Waals surface area (Å²) in [5.41, 5.74) is 5.28. The fourth-order valence-electron chi connectivity index (χ4n) is 5.32. The van der Waals surface area contributed by atoms with E-state index in [1.807, 2.05) is 12.3 Å². The number of pyridine rings is 1. The number of aryl methyl sites for hydroxylation is 1. The smallest absolute Gasteiger partial charge is 0.170 e. The lowest BCUT2D eigenvalue weighted by Gasteiger charge is -2.29. The zero-order chi connectivity index (χ0) is 20.4. The third-order valence-corrected chi connectivity index (χ3v) is 7.08. The van der Waals surface area contributed by atoms with Crippen molar-refractivity contribution < 1.29 is 0 Å². The zero-order valence-electron chi connectivity index (χ0n) is 18.0. The molecule has 4 rings (SSSR count). The van der Waals surface area contributed by atoms with Gasteiger partial charge in [0.1, 0.15) is 0 Å². The summed E-state index contributed by atoms with van der Waals surface area (Å²) in [5.74, 6) is 0. The van der Waals surface area contributed by atoms with Crippen LogP contribution in [0.2, 0.25) is 0 Å². The van der Waals surface area contributed by atoms with Gasteiger partial charge < -0.3 is 14.8 Å². The number of nitrogens with one attached hydrogen (secondary N) is 1. The van der Waals surface area contributed by atoms with E-state index in [1.54, 1.807) is 0 Å². The van der Waals surface area contributed by atoms with Crippen LogP contribution in [0.15, 0.2) is 30.5 Å². The van der Waals surface area contributed by atoms with Gasteiger partial charge in [-0.3, -0.25) is 4.98 Å². The molecule has 3 heterocycles. The van der Waals surface area contributed by atoms with Crippen LogP contribution < -0.4 is 5.32 Å². The third-order valence-electron chi connectivity index (χ3n) is 6.73. The number of rotatable bonds is 6. The van der Waals surface area contributed by atoms with Crippen LogP contribution in [0.1, 0.15) is 92.6 Å². The number of hydrogen-bond donors (Lipinski definition) is 1. The molecule has 0 bridgehead atoms. The Kier molecular flexibility index (Phi) is 6.23. The SMILES string of the molecule is CCCCN1C(=S)N[C@H](c2ccccn2)[C@@H]1c1cc(C)n(C2CCCCC2)c1C. The molecule has 2 aliphatic rings. The maximum Gasteiger partial charge on any atom is 0.170 e.